The maximum absolute atomic E-state index is 13.7. The van der Waals surface area contributed by atoms with E-state index in [2.05, 4.69) is 19.9 Å². The molecular weight excluding hydrogens is 447 g/mol. The second-order valence-corrected chi connectivity index (χ2v) is 8.66. The van der Waals surface area contributed by atoms with Crippen molar-refractivity contribution >= 4 is 5.91 Å². The van der Waals surface area contributed by atoms with E-state index in [0.29, 0.717) is 30.0 Å². The predicted molar refractivity (Wildman–Crippen MR) is 116 cm³/mol. The molecule has 7 nitrogen and oxygen atoms in total. The maximum atomic E-state index is 13.7. The first-order chi connectivity index (χ1) is 16.3. The first-order valence-corrected chi connectivity index (χ1v) is 11.1. The quantitative estimate of drug-likeness (QED) is 0.566. The number of nitrogens with zero attached hydrogens (tertiary/aromatic N) is 5. The lowest BCUT2D eigenvalue weighted by molar-refractivity contribution is -0.137. The van der Waals surface area contributed by atoms with Crippen LogP contribution in [-0.2, 0) is 6.18 Å². The van der Waals surface area contributed by atoms with E-state index in [1.807, 2.05) is 13.0 Å². The highest BCUT2D eigenvalue weighted by Gasteiger charge is 2.45. The van der Waals surface area contributed by atoms with Crippen LogP contribution < -0.4 is 4.74 Å². The molecule has 3 fully saturated rings. The minimum absolute atomic E-state index is 0.116. The van der Waals surface area contributed by atoms with Crippen molar-refractivity contribution in [2.45, 2.75) is 44.5 Å². The molecule has 3 atom stereocenters. The van der Waals surface area contributed by atoms with Crippen molar-refractivity contribution in [1.29, 1.82) is 0 Å². The van der Waals surface area contributed by atoms with Crippen molar-refractivity contribution in [3.8, 4) is 17.3 Å². The number of alkyl halides is 3. The fraction of sp³-hybridized carbons (Fsp3) is 0.375. The van der Waals surface area contributed by atoms with E-state index in [9.17, 15) is 18.0 Å². The van der Waals surface area contributed by atoms with E-state index in [0.717, 1.165) is 25.1 Å². The monoisotopic (exact) mass is 469 g/mol. The Labute approximate surface area is 194 Å². The molecule has 0 unspecified atom stereocenters. The summed E-state index contributed by atoms with van der Waals surface area (Å²) in [4.78, 5) is 32.4. The Balaban J connectivity index is 1.40. The highest BCUT2D eigenvalue weighted by Crippen LogP contribution is 2.38. The number of carbonyl (C=O) groups excluding carboxylic acids is 1. The summed E-state index contributed by atoms with van der Waals surface area (Å²) in [6.45, 7) is 2.39. The van der Waals surface area contributed by atoms with Gasteiger partial charge in [0.05, 0.1) is 17.2 Å². The number of aryl methyl sites for hydroxylation is 1. The average molecular weight is 469 g/mol. The summed E-state index contributed by atoms with van der Waals surface area (Å²) in [6, 6.07) is 7.26. The van der Waals surface area contributed by atoms with Gasteiger partial charge in [0.1, 0.15) is 11.8 Å². The number of pyridine rings is 2. The predicted octanol–water partition coefficient (Wildman–Crippen LogP) is 4.33. The van der Waals surface area contributed by atoms with Crippen LogP contribution in [-0.4, -0.2) is 49.4 Å². The Morgan fingerprint density at radius 2 is 1.88 bits per heavy atom. The third-order valence-electron chi connectivity index (χ3n) is 6.36. The molecule has 0 spiro atoms. The van der Waals surface area contributed by atoms with Gasteiger partial charge in [-0.1, -0.05) is 0 Å². The molecule has 1 aliphatic carbocycles. The van der Waals surface area contributed by atoms with Crippen molar-refractivity contribution in [2.24, 2.45) is 5.92 Å². The van der Waals surface area contributed by atoms with Crippen LogP contribution in [0.4, 0.5) is 13.2 Å². The molecule has 2 saturated heterocycles. The lowest BCUT2D eigenvalue weighted by atomic mass is 9.77. The molecule has 6 rings (SSSR count). The van der Waals surface area contributed by atoms with E-state index >= 15 is 0 Å². The molecule has 176 valence electrons. The summed E-state index contributed by atoms with van der Waals surface area (Å²) < 4.78 is 44.5. The number of ether oxygens (including phenoxy) is 1. The number of halogens is 3. The molecule has 2 aliphatic heterocycles. The number of aromatic nitrogens is 4. The van der Waals surface area contributed by atoms with Crippen LogP contribution in [0.15, 0.2) is 48.9 Å². The number of piperidine rings is 2. The molecule has 5 heterocycles. The number of hydrogen-bond acceptors (Lipinski definition) is 6. The van der Waals surface area contributed by atoms with Crippen LogP contribution >= 0.6 is 0 Å². The largest absolute Gasteiger partial charge is 0.472 e. The Kier molecular flexibility index (Phi) is 5.66. The molecule has 3 aromatic heterocycles. The molecule has 0 aromatic carbocycles. The summed E-state index contributed by atoms with van der Waals surface area (Å²) in [5, 5.41) is 0. The highest BCUT2D eigenvalue weighted by atomic mass is 19.4. The topological polar surface area (TPSA) is 81.1 Å². The summed E-state index contributed by atoms with van der Waals surface area (Å²) in [5.41, 5.74) is 0.708. The zero-order valence-electron chi connectivity index (χ0n) is 18.4. The van der Waals surface area contributed by atoms with Gasteiger partial charge in [-0.05, 0) is 56.4 Å². The molecule has 10 heteroatoms. The van der Waals surface area contributed by atoms with Crippen LogP contribution in [0.1, 0.15) is 41.0 Å². The SMILES string of the molecule is Cc1ccc(-c2ncccn2)c(C(=O)N2C[C@@H]3CC[C@H]2[C@H](Oc2ccc(C(F)(F)F)cn2)C3)n1. The fourth-order valence-electron chi connectivity index (χ4n) is 4.74. The van der Waals surface area contributed by atoms with E-state index in [1.165, 1.54) is 6.07 Å². The molecule has 34 heavy (non-hydrogen) atoms. The fourth-order valence-corrected chi connectivity index (χ4v) is 4.74. The summed E-state index contributed by atoms with van der Waals surface area (Å²) in [5.74, 6) is 0.538. The van der Waals surface area contributed by atoms with Gasteiger partial charge in [-0.15, -0.1) is 0 Å². The summed E-state index contributed by atoms with van der Waals surface area (Å²) in [7, 11) is 0. The highest BCUT2D eigenvalue weighted by molar-refractivity contribution is 5.98. The van der Waals surface area contributed by atoms with Crippen LogP contribution in [0.5, 0.6) is 5.88 Å². The van der Waals surface area contributed by atoms with Crippen molar-refractivity contribution in [2.75, 3.05) is 6.54 Å². The average Bonchev–Trinajstić information content (AvgIpc) is 2.84. The van der Waals surface area contributed by atoms with Gasteiger partial charge in [0.2, 0.25) is 5.88 Å². The van der Waals surface area contributed by atoms with Crippen molar-refractivity contribution in [1.82, 2.24) is 24.8 Å². The maximum Gasteiger partial charge on any atom is 0.417 e. The van der Waals surface area contributed by atoms with Gasteiger partial charge in [-0.3, -0.25) is 4.79 Å². The minimum atomic E-state index is -4.46. The van der Waals surface area contributed by atoms with Crippen LogP contribution in [0.25, 0.3) is 11.4 Å². The third kappa shape index (κ3) is 4.32. The Morgan fingerprint density at radius 3 is 2.56 bits per heavy atom. The number of amides is 1. The van der Waals surface area contributed by atoms with Gasteiger partial charge in [0.25, 0.3) is 5.91 Å². The number of fused-ring (bicyclic) bond motifs is 3. The van der Waals surface area contributed by atoms with E-state index < -0.39 is 11.7 Å². The van der Waals surface area contributed by atoms with E-state index in [4.69, 9.17) is 4.74 Å². The minimum Gasteiger partial charge on any atom is -0.472 e. The van der Waals surface area contributed by atoms with Gasteiger partial charge in [0.15, 0.2) is 5.82 Å². The normalized spacial score (nSPS) is 22.0. The molecular formula is C24H22F3N5O2. The Morgan fingerprint density at radius 1 is 1.09 bits per heavy atom. The van der Waals surface area contributed by atoms with Crippen LogP contribution in [0.3, 0.4) is 0 Å². The van der Waals surface area contributed by atoms with Crippen LogP contribution in [0, 0.1) is 12.8 Å². The second-order valence-electron chi connectivity index (χ2n) is 8.66. The molecule has 0 radical (unpaired) electrons. The summed E-state index contributed by atoms with van der Waals surface area (Å²) >= 11 is 0. The summed E-state index contributed by atoms with van der Waals surface area (Å²) in [6.07, 6.45) is 1.59. The van der Waals surface area contributed by atoms with E-state index in [1.54, 1.807) is 29.4 Å². The van der Waals surface area contributed by atoms with Crippen molar-refractivity contribution < 1.29 is 22.7 Å². The van der Waals surface area contributed by atoms with Gasteiger partial charge < -0.3 is 9.64 Å². The lowest BCUT2D eigenvalue weighted by Gasteiger charge is -2.49. The molecule has 3 aliphatic rings. The zero-order valence-corrected chi connectivity index (χ0v) is 18.4. The Bertz CT molecular complexity index is 1190. The standard InChI is InChI=1S/C24H22F3N5O2/c1-14-3-6-17(22-28-9-2-10-29-22)21(31-14)23(33)32-13-15-4-7-18(32)19(11-15)34-20-8-5-16(12-30-20)24(25,26)27/h2-3,5-6,8-10,12,15,18-19H,4,7,11,13H2,1H3/t15-,18+,19-/m1/s1. The Hall–Kier alpha value is -3.56. The first-order valence-electron chi connectivity index (χ1n) is 11.1. The number of rotatable bonds is 4. The lowest BCUT2D eigenvalue weighted by Crippen LogP contribution is -2.59. The van der Waals surface area contributed by atoms with Gasteiger partial charge in [-0.25, -0.2) is 19.9 Å². The zero-order chi connectivity index (χ0) is 23.9. The molecule has 3 aromatic rings. The number of carbonyl (C=O) groups is 1. The molecule has 1 amide bonds. The van der Waals surface area contributed by atoms with Gasteiger partial charge in [0, 0.05) is 36.9 Å². The van der Waals surface area contributed by atoms with Crippen molar-refractivity contribution in [3.05, 3.63) is 65.9 Å². The second kappa shape index (κ2) is 8.66. The molecule has 2 bridgehead atoms. The molecule has 1 saturated carbocycles. The third-order valence-corrected chi connectivity index (χ3v) is 6.36. The molecule has 0 N–H and O–H groups in total. The smallest absolute Gasteiger partial charge is 0.417 e. The van der Waals surface area contributed by atoms with Crippen molar-refractivity contribution in [3.63, 3.8) is 0 Å². The first kappa shape index (κ1) is 22.2. The van der Waals surface area contributed by atoms with Crippen LogP contribution in [0.2, 0.25) is 0 Å². The van der Waals surface area contributed by atoms with Gasteiger partial charge >= 0.3 is 6.18 Å². The number of hydrogen-bond donors (Lipinski definition) is 0. The van der Waals surface area contributed by atoms with Gasteiger partial charge in [-0.2, -0.15) is 13.2 Å². The van der Waals surface area contributed by atoms with E-state index in [-0.39, 0.29) is 35.5 Å².